The van der Waals surface area contributed by atoms with E-state index in [4.69, 9.17) is 4.98 Å². The van der Waals surface area contributed by atoms with Crippen LogP contribution in [0.25, 0.3) is 10.8 Å². The average Bonchev–Trinajstić information content (AvgIpc) is 2.68. The minimum atomic E-state index is 0.999. The van der Waals surface area contributed by atoms with Crippen LogP contribution in [-0.4, -0.2) is 18.1 Å². The molecule has 0 spiro atoms. The van der Waals surface area contributed by atoms with E-state index < -0.39 is 0 Å². The summed E-state index contributed by atoms with van der Waals surface area (Å²) in [6.45, 7) is 6.71. The number of hydrogen-bond donors (Lipinski definition) is 0. The van der Waals surface area contributed by atoms with Crippen molar-refractivity contribution in [2.24, 2.45) is 0 Å². The fourth-order valence-electron chi connectivity index (χ4n) is 4.01. The molecule has 0 N–H and O–H groups in total. The monoisotopic (exact) mass is 344 g/mol. The van der Waals surface area contributed by atoms with Gasteiger partial charge in [-0.15, -0.1) is 0 Å². The molecule has 1 fully saturated rings. The molecule has 134 valence electrons. The molecule has 4 rings (SSSR count). The fourth-order valence-corrected chi connectivity index (χ4v) is 4.01. The number of rotatable bonds is 4. The van der Waals surface area contributed by atoms with Crippen LogP contribution in [0.2, 0.25) is 0 Å². The number of hydrogen-bond acceptors (Lipinski definition) is 2. The Kier molecular flexibility index (Phi) is 4.92. The van der Waals surface area contributed by atoms with Crippen LogP contribution in [-0.2, 0) is 12.8 Å². The van der Waals surface area contributed by atoms with E-state index in [0.717, 1.165) is 12.8 Å². The molecule has 0 amide bonds. The van der Waals surface area contributed by atoms with Gasteiger partial charge in [0.05, 0.1) is 0 Å². The van der Waals surface area contributed by atoms with Crippen LogP contribution in [0, 0.1) is 13.8 Å². The molecule has 2 nitrogen and oxygen atoms in total. The second-order valence-electron chi connectivity index (χ2n) is 7.69. The Labute approximate surface area is 156 Å². The molecule has 1 aromatic heterocycles. The van der Waals surface area contributed by atoms with Gasteiger partial charge in [0.25, 0.3) is 0 Å². The lowest BCUT2D eigenvalue weighted by Gasteiger charge is -2.30. The minimum absolute atomic E-state index is 0.999. The highest BCUT2D eigenvalue weighted by molar-refractivity contribution is 5.83. The summed E-state index contributed by atoms with van der Waals surface area (Å²) < 4.78 is 0. The summed E-state index contributed by atoms with van der Waals surface area (Å²) in [6, 6.07) is 15.8. The SMILES string of the molecule is Cc1ccc2cc(CCc3cc(N4CCCCC4)c(C)cn3)ccc2c1. The molecular formula is C24H28N2. The van der Waals surface area contributed by atoms with Gasteiger partial charge in [-0.05, 0) is 73.9 Å². The predicted octanol–water partition coefficient (Wildman–Crippen LogP) is 5.63. The summed E-state index contributed by atoms with van der Waals surface area (Å²) in [5.74, 6) is 0. The molecular weight excluding hydrogens is 316 g/mol. The maximum atomic E-state index is 4.70. The summed E-state index contributed by atoms with van der Waals surface area (Å²) in [5.41, 5.74) is 6.61. The maximum Gasteiger partial charge on any atom is 0.0429 e. The lowest BCUT2D eigenvalue weighted by Crippen LogP contribution is -2.30. The van der Waals surface area contributed by atoms with Crippen LogP contribution in [0.3, 0.4) is 0 Å². The molecule has 0 radical (unpaired) electrons. The van der Waals surface area contributed by atoms with E-state index in [-0.39, 0.29) is 0 Å². The summed E-state index contributed by atoms with van der Waals surface area (Å²) in [7, 11) is 0. The molecule has 0 unspecified atom stereocenters. The molecule has 0 bridgehead atoms. The van der Waals surface area contributed by atoms with Gasteiger partial charge < -0.3 is 4.90 Å². The molecule has 3 aromatic rings. The fraction of sp³-hybridized carbons (Fsp3) is 0.375. The van der Waals surface area contributed by atoms with Gasteiger partial charge in [0, 0.05) is 30.7 Å². The van der Waals surface area contributed by atoms with E-state index in [1.807, 2.05) is 0 Å². The third-order valence-electron chi connectivity index (χ3n) is 5.56. The van der Waals surface area contributed by atoms with Crippen molar-refractivity contribution in [2.45, 2.75) is 46.0 Å². The first kappa shape index (κ1) is 17.1. The van der Waals surface area contributed by atoms with E-state index in [2.05, 4.69) is 67.4 Å². The smallest absolute Gasteiger partial charge is 0.0429 e. The van der Waals surface area contributed by atoms with Crippen LogP contribution in [0.5, 0.6) is 0 Å². The number of piperidine rings is 1. The van der Waals surface area contributed by atoms with Crippen LogP contribution < -0.4 is 4.90 Å². The van der Waals surface area contributed by atoms with E-state index in [0.29, 0.717) is 0 Å². The lowest BCUT2D eigenvalue weighted by molar-refractivity contribution is 0.576. The first-order chi connectivity index (χ1) is 12.7. The van der Waals surface area contributed by atoms with Crippen molar-refractivity contribution in [2.75, 3.05) is 18.0 Å². The number of anilines is 1. The van der Waals surface area contributed by atoms with Gasteiger partial charge in [0.1, 0.15) is 0 Å². The highest BCUT2D eigenvalue weighted by atomic mass is 15.1. The van der Waals surface area contributed by atoms with E-state index >= 15 is 0 Å². The van der Waals surface area contributed by atoms with E-state index in [9.17, 15) is 0 Å². The zero-order chi connectivity index (χ0) is 17.9. The van der Waals surface area contributed by atoms with Crippen molar-refractivity contribution in [1.82, 2.24) is 4.98 Å². The number of aryl methyl sites for hydroxylation is 4. The average molecular weight is 345 g/mol. The molecule has 2 aromatic carbocycles. The highest BCUT2D eigenvalue weighted by Crippen LogP contribution is 2.25. The van der Waals surface area contributed by atoms with Crippen LogP contribution in [0.1, 0.15) is 41.6 Å². The molecule has 26 heavy (non-hydrogen) atoms. The van der Waals surface area contributed by atoms with Gasteiger partial charge in [0.15, 0.2) is 0 Å². The van der Waals surface area contributed by atoms with E-state index in [1.54, 1.807) is 0 Å². The highest BCUT2D eigenvalue weighted by Gasteiger charge is 2.14. The molecule has 1 aliphatic heterocycles. The summed E-state index contributed by atoms with van der Waals surface area (Å²) in [6.07, 6.45) is 8.09. The first-order valence-corrected chi connectivity index (χ1v) is 9.89. The Hall–Kier alpha value is -2.35. The van der Waals surface area contributed by atoms with Gasteiger partial charge in [0.2, 0.25) is 0 Å². The summed E-state index contributed by atoms with van der Waals surface area (Å²) in [4.78, 5) is 7.24. The molecule has 0 aliphatic carbocycles. The van der Waals surface area contributed by atoms with Crippen LogP contribution >= 0.6 is 0 Å². The van der Waals surface area contributed by atoms with Crippen molar-refractivity contribution in [1.29, 1.82) is 0 Å². The maximum absolute atomic E-state index is 4.70. The van der Waals surface area contributed by atoms with Gasteiger partial charge >= 0.3 is 0 Å². The Morgan fingerprint density at radius 2 is 1.62 bits per heavy atom. The molecule has 1 aliphatic rings. The first-order valence-electron chi connectivity index (χ1n) is 9.89. The predicted molar refractivity (Wildman–Crippen MR) is 111 cm³/mol. The van der Waals surface area contributed by atoms with Crippen molar-refractivity contribution < 1.29 is 0 Å². The van der Waals surface area contributed by atoms with Gasteiger partial charge in [-0.25, -0.2) is 0 Å². The van der Waals surface area contributed by atoms with Crippen molar-refractivity contribution in [3.63, 3.8) is 0 Å². The topological polar surface area (TPSA) is 16.1 Å². The summed E-state index contributed by atoms with van der Waals surface area (Å²) in [5, 5.41) is 2.66. The van der Waals surface area contributed by atoms with Crippen LogP contribution in [0.15, 0.2) is 48.7 Å². The molecule has 2 heteroatoms. The third-order valence-corrected chi connectivity index (χ3v) is 5.56. The number of benzene rings is 2. The number of nitrogens with zero attached hydrogens (tertiary/aromatic N) is 2. The molecule has 1 saturated heterocycles. The summed E-state index contributed by atoms with van der Waals surface area (Å²) >= 11 is 0. The zero-order valence-electron chi connectivity index (χ0n) is 16.0. The normalized spacial score (nSPS) is 14.8. The second kappa shape index (κ2) is 7.49. The Morgan fingerprint density at radius 3 is 2.46 bits per heavy atom. The Bertz CT molecular complexity index is 907. The molecule has 2 heterocycles. The largest absolute Gasteiger partial charge is 0.371 e. The lowest BCUT2D eigenvalue weighted by atomic mass is 10.0. The molecule has 0 atom stereocenters. The van der Waals surface area contributed by atoms with Gasteiger partial charge in [-0.2, -0.15) is 0 Å². The number of aromatic nitrogens is 1. The van der Waals surface area contributed by atoms with Crippen molar-refractivity contribution in [3.8, 4) is 0 Å². The molecule has 0 saturated carbocycles. The second-order valence-corrected chi connectivity index (χ2v) is 7.69. The van der Waals surface area contributed by atoms with Crippen molar-refractivity contribution >= 4 is 16.5 Å². The van der Waals surface area contributed by atoms with Crippen LogP contribution in [0.4, 0.5) is 5.69 Å². The number of pyridine rings is 1. The van der Waals surface area contributed by atoms with Gasteiger partial charge in [-0.1, -0.05) is 42.0 Å². The quantitative estimate of drug-likeness (QED) is 0.610. The zero-order valence-corrected chi connectivity index (χ0v) is 16.0. The van der Waals surface area contributed by atoms with Gasteiger partial charge in [-0.3, -0.25) is 4.98 Å². The Balaban J connectivity index is 1.50. The number of fused-ring (bicyclic) bond motifs is 1. The standard InChI is InChI=1S/C24H28N2/c1-18-6-9-22-15-20(7-10-21(22)14-18)8-11-23-16-24(19(2)17-25-23)26-12-4-3-5-13-26/h6-7,9-10,14-17H,3-5,8,11-13H2,1-2H3. The minimum Gasteiger partial charge on any atom is -0.371 e. The van der Waals surface area contributed by atoms with E-state index in [1.165, 1.54) is 71.2 Å². The third kappa shape index (κ3) is 3.75. The Morgan fingerprint density at radius 1 is 0.846 bits per heavy atom. The van der Waals surface area contributed by atoms with Crippen molar-refractivity contribution in [3.05, 3.63) is 71.0 Å².